The average molecular weight is 344 g/mol. The first-order valence-corrected chi connectivity index (χ1v) is 8.85. The standard InChI is InChI=1S/C19H28N4O2/c1-19(2,3)18-20-17(25-21-18)14-22(4)13-15-5-7-16(8-6-15)23-9-11-24-12-10-23/h5-8H,9-14H2,1-4H3. The molecular formula is C19H28N4O2. The molecule has 25 heavy (non-hydrogen) atoms. The molecule has 1 aliphatic heterocycles. The zero-order valence-electron chi connectivity index (χ0n) is 15.7. The summed E-state index contributed by atoms with van der Waals surface area (Å²) in [6, 6.07) is 8.77. The van der Waals surface area contributed by atoms with Crippen molar-refractivity contribution >= 4 is 5.69 Å². The van der Waals surface area contributed by atoms with Crippen LogP contribution in [0.1, 0.15) is 38.0 Å². The van der Waals surface area contributed by atoms with Crippen molar-refractivity contribution in [2.24, 2.45) is 0 Å². The van der Waals surface area contributed by atoms with Gasteiger partial charge in [-0.25, -0.2) is 0 Å². The monoisotopic (exact) mass is 344 g/mol. The molecule has 6 heteroatoms. The van der Waals surface area contributed by atoms with Crippen molar-refractivity contribution in [3.63, 3.8) is 0 Å². The van der Waals surface area contributed by atoms with Gasteiger partial charge < -0.3 is 14.2 Å². The second kappa shape index (κ2) is 7.54. The second-order valence-electron chi connectivity index (χ2n) is 7.70. The van der Waals surface area contributed by atoms with E-state index in [1.807, 2.05) is 0 Å². The minimum atomic E-state index is -0.0877. The maximum atomic E-state index is 5.41. The van der Waals surface area contributed by atoms with E-state index in [4.69, 9.17) is 9.26 Å². The van der Waals surface area contributed by atoms with E-state index in [1.54, 1.807) is 0 Å². The van der Waals surface area contributed by atoms with Gasteiger partial charge in [-0.1, -0.05) is 38.1 Å². The van der Waals surface area contributed by atoms with Gasteiger partial charge in [0.2, 0.25) is 5.89 Å². The van der Waals surface area contributed by atoms with Gasteiger partial charge in [0.1, 0.15) is 0 Å². The zero-order chi connectivity index (χ0) is 17.9. The summed E-state index contributed by atoms with van der Waals surface area (Å²) in [7, 11) is 2.07. The summed E-state index contributed by atoms with van der Waals surface area (Å²) in [5.41, 5.74) is 2.45. The maximum Gasteiger partial charge on any atom is 0.240 e. The molecule has 0 saturated carbocycles. The van der Waals surface area contributed by atoms with Crippen LogP contribution in [0, 0.1) is 0 Å². The molecule has 2 heterocycles. The number of ether oxygens (including phenoxy) is 1. The molecule has 0 spiro atoms. The molecule has 1 aromatic carbocycles. The molecule has 0 radical (unpaired) electrons. The Morgan fingerprint density at radius 3 is 2.36 bits per heavy atom. The zero-order valence-corrected chi connectivity index (χ0v) is 15.7. The molecule has 0 unspecified atom stereocenters. The molecule has 6 nitrogen and oxygen atoms in total. The fourth-order valence-corrected chi connectivity index (χ4v) is 2.86. The Hall–Kier alpha value is -1.92. The lowest BCUT2D eigenvalue weighted by Crippen LogP contribution is -2.36. The van der Waals surface area contributed by atoms with Gasteiger partial charge in [0.15, 0.2) is 5.82 Å². The number of rotatable bonds is 5. The Balaban J connectivity index is 1.55. The van der Waals surface area contributed by atoms with E-state index in [-0.39, 0.29) is 5.41 Å². The molecule has 136 valence electrons. The lowest BCUT2D eigenvalue weighted by atomic mass is 9.96. The fourth-order valence-electron chi connectivity index (χ4n) is 2.86. The summed E-state index contributed by atoms with van der Waals surface area (Å²) >= 11 is 0. The van der Waals surface area contributed by atoms with Crippen LogP contribution in [-0.2, 0) is 23.2 Å². The number of hydrogen-bond donors (Lipinski definition) is 0. The van der Waals surface area contributed by atoms with Crippen molar-refractivity contribution in [2.75, 3.05) is 38.3 Å². The molecular weight excluding hydrogens is 316 g/mol. The van der Waals surface area contributed by atoms with Crippen molar-refractivity contribution < 1.29 is 9.26 Å². The number of hydrogen-bond acceptors (Lipinski definition) is 6. The largest absolute Gasteiger partial charge is 0.378 e. The fraction of sp³-hybridized carbons (Fsp3) is 0.579. The SMILES string of the molecule is CN(Cc1ccc(N2CCOCC2)cc1)Cc1nc(C(C)(C)C)no1. The van der Waals surface area contributed by atoms with Gasteiger partial charge in [-0.2, -0.15) is 4.98 Å². The quantitative estimate of drug-likeness (QED) is 0.831. The summed E-state index contributed by atoms with van der Waals surface area (Å²) in [5.74, 6) is 1.42. The van der Waals surface area contributed by atoms with Gasteiger partial charge in [0.05, 0.1) is 19.8 Å². The van der Waals surface area contributed by atoms with Crippen molar-refractivity contribution in [2.45, 2.75) is 39.3 Å². The number of morpholine rings is 1. The molecule has 1 aliphatic rings. The molecule has 2 aromatic rings. The Morgan fingerprint density at radius 2 is 1.76 bits per heavy atom. The van der Waals surface area contributed by atoms with Crippen LogP contribution in [0.4, 0.5) is 5.69 Å². The van der Waals surface area contributed by atoms with Crippen LogP contribution in [0.25, 0.3) is 0 Å². The third kappa shape index (κ3) is 4.80. The highest BCUT2D eigenvalue weighted by Gasteiger charge is 2.21. The van der Waals surface area contributed by atoms with Crippen LogP contribution in [0.15, 0.2) is 28.8 Å². The van der Waals surface area contributed by atoms with Crippen LogP contribution >= 0.6 is 0 Å². The van der Waals surface area contributed by atoms with E-state index in [9.17, 15) is 0 Å². The molecule has 1 fully saturated rings. The number of aromatic nitrogens is 2. The summed E-state index contributed by atoms with van der Waals surface area (Å²) in [4.78, 5) is 9.05. The van der Waals surface area contributed by atoms with E-state index in [1.165, 1.54) is 11.3 Å². The van der Waals surface area contributed by atoms with Crippen molar-refractivity contribution in [3.05, 3.63) is 41.5 Å². The van der Waals surface area contributed by atoms with E-state index >= 15 is 0 Å². The lowest BCUT2D eigenvalue weighted by molar-refractivity contribution is 0.122. The van der Waals surface area contributed by atoms with E-state index in [0.717, 1.165) is 38.7 Å². The smallest absolute Gasteiger partial charge is 0.240 e. The van der Waals surface area contributed by atoms with E-state index in [2.05, 4.69) is 72.0 Å². The van der Waals surface area contributed by atoms with Gasteiger partial charge in [-0.3, -0.25) is 4.90 Å². The minimum absolute atomic E-state index is 0.0877. The van der Waals surface area contributed by atoms with Gasteiger partial charge in [0, 0.05) is 30.7 Å². The Labute approximate surface area is 149 Å². The first kappa shape index (κ1) is 17.9. The van der Waals surface area contributed by atoms with Gasteiger partial charge in [-0.15, -0.1) is 0 Å². The predicted molar refractivity (Wildman–Crippen MR) is 97.6 cm³/mol. The third-order valence-corrected chi connectivity index (χ3v) is 4.31. The molecule has 3 rings (SSSR count). The van der Waals surface area contributed by atoms with Crippen LogP contribution in [-0.4, -0.2) is 48.4 Å². The van der Waals surface area contributed by atoms with Crippen LogP contribution in [0.5, 0.6) is 0 Å². The molecule has 0 amide bonds. The Morgan fingerprint density at radius 1 is 1.08 bits per heavy atom. The number of nitrogens with zero attached hydrogens (tertiary/aromatic N) is 4. The molecule has 0 N–H and O–H groups in total. The predicted octanol–water partition coefficient (Wildman–Crippen LogP) is 2.84. The average Bonchev–Trinajstić information content (AvgIpc) is 3.05. The van der Waals surface area contributed by atoms with Gasteiger partial charge in [-0.05, 0) is 24.7 Å². The number of benzene rings is 1. The highest BCUT2D eigenvalue weighted by Crippen LogP contribution is 2.20. The molecule has 1 aromatic heterocycles. The topological polar surface area (TPSA) is 54.6 Å². The minimum Gasteiger partial charge on any atom is -0.378 e. The van der Waals surface area contributed by atoms with Crippen molar-refractivity contribution in [3.8, 4) is 0 Å². The van der Waals surface area contributed by atoms with Crippen LogP contribution < -0.4 is 4.90 Å². The Kier molecular flexibility index (Phi) is 5.39. The first-order valence-electron chi connectivity index (χ1n) is 8.85. The summed E-state index contributed by atoms with van der Waals surface area (Å²) in [6.07, 6.45) is 0. The summed E-state index contributed by atoms with van der Waals surface area (Å²) < 4.78 is 10.8. The van der Waals surface area contributed by atoms with Crippen molar-refractivity contribution in [1.29, 1.82) is 0 Å². The van der Waals surface area contributed by atoms with E-state index in [0.29, 0.717) is 12.4 Å². The molecule has 0 aliphatic carbocycles. The highest BCUT2D eigenvalue weighted by atomic mass is 16.5. The van der Waals surface area contributed by atoms with Crippen LogP contribution in [0.2, 0.25) is 0 Å². The Bertz CT molecular complexity index is 669. The van der Waals surface area contributed by atoms with Crippen molar-refractivity contribution in [1.82, 2.24) is 15.0 Å². The third-order valence-electron chi connectivity index (χ3n) is 4.31. The second-order valence-corrected chi connectivity index (χ2v) is 7.70. The number of anilines is 1. The molecule has 0 bridgehead atoms. The maximum absolute atomic E-state index is 5.41. The van der Waals surface area contributed by atoms with Gasteiger partial charge in [0.25, 0.3) is 0 Å². The normalized spacial score (nSPS) is 15.8. The lowest BCUT2D eigenvalue weighted by Gasteiger charge is -2.29. The summed E-state index contributed by atoms with van der Waals surface area (Å²) in [6.45, 7) is 11.3. The highest BCUT2D eigenvalue weighted by molar-refractivity contribution is 5.47. The van der Waals surface area contributed by atoms with Gasteiger partial charge >= 0.3 is 0 Å². The van der Waals surface area contributed by atoms with Crippen LogP contribution in [0.3, 0.4) is 0 Å². The molecule has 0 atom stereocenters. The van der Waals surface area contributed by atoms with E-state index < -0.39 is 0 Å². The molecule has 1 saturated heterocycles. The summed E-state index contributed by atoms with van der Waals surface area (Å²) in [5, 5.41) is 4.08. The first-order chi connectivity index (χ1) is 11.9.